The summed E-state index contributed by atoms with van der Waals surface area (Å²) in [6.45, 7) is 0. The van der Waals surface area contributed by atoms with Crippen LogP contribution in [0, 0.1) is 0 Å². The molecule has 0 amide bonds. The van der Waals surface area contributed by atoms with Crippen molar-refractivity contribution in [2.75, 3.05) is 0 Å². The summed E-state index contributed by atoms with van der Waals surface area (Å²) in [4.78, 5) is 11.5. The second-order valence-corrected chi connectivity index (χ2v) is 2.83. The smallest absolute Gasteiger partial charge is 0.345 e. The first kappa shape index (κ1) is 9.33. The Labute approximate surface area is 86.5 Å². The van der Waals surface area contributed by atoms with Gasteiger partial charge in [-0.15, -0.1) is 0 Å². The van der Waals surface area contributed by atoms with Crippen LogP contribution < -0.4 is 4.74 Å². The molecule has 4 heteroatoms. The molecule has 0 N–H and O–H groups in total. The van der Waals surface area contributed by atoms with Crippen LogP contribution in [0.15, 0.2) is 48.8 Å². The Morgan fingerprint density at radius 2 is 1.87 bits per heavy atom. The Morgan fingerprint density at radius 1 is 1.07 bits per heavy atom. The molecule has 0 aliphatic carbocycles. The Balaban J connectivity index is 2.12. The van der Waals surface area contributed by atoms with Crippen LogP contribution in [0.25, 0.3) is 0 Å². The number of hydrogen-bond donors (Lipinski definition) is 0. The quantitative estimate of drug-likeness (QED) is 0.546. The molecule has 0 saturated carbocycles. The monoisotopic (exact) mass is 200 g/mol. The standard InChI is InChI=1S/C11H8N2O2/c14-11(9-6-7-12-13-8-9)15-10-4-2-1-3-5-10/h1-8H. The number of hydrogen-bond acceptors (Lipinski definition) is 4. The van der Waals surface area contributed by atoms with E-state index in [4.69, 9.17) is 4.74 Å². The predicted molar refractivity (Wildman–Crippen MR) is 53.4 cm³/mol. The molecule has 2 rings (SSSR count). The molecule has 0 aliphatic rings. The summed E-state index contributed by atoms with van der Waals surface area (Å²) in [7, 11) is 0. The largest absolute Gasteiger partial charge is 0.423 e. The zero-order valence-electron chi connectivity index (χ0n) is 7.83. The summed E-state index contributed by atoms with van der Waals surface area (Å²) in [6.07, 6.45) is 2.81. The average molecular weight is 200 g/mol. The number of carbonyl (C=O) groups excluding carboxylic acids is 1. The molecule has 0 bridgehead atoms. The third kappa shape index (κ3) is 2.37. The van der Waals surface area contributed by atoms with Gasteiger partial charge in [0.05, 0.1) is 18.0 Å². The van der Waals surface area contributed by atoms with Crippen molar-refractivity contribution in [2.45, 2.75) is 0 Å². The third-order valence-electron chi connectivity index (χ3n) is 1.77. The van der Waals surface area contributed by atoms with Gasteiger partial charge in [-0.3, -0.25) is 0 Å². The Hall–Kier alpha value is -2.23. The van der Waals surface area contributed by atoms with Crippen LogP contribution in [0.1, 0.15) is 10.4 Å². The highest BCUT2D eigenvalue weighted by Gasteiger charge is 2.07. The van der Waals surface area contributed by atoms with Crippen LogP contribution in [0.5, 0.6) is 5.75 Å². The summed E-state index contributed by atoms with van der Waals surface area (Å²) in [6, 6.07) is 10.4. The van der Waals surface area contributed by atoms with E-state index in [0.717, 1.165) is 0 Å². The van der Waals surface area contributed by atoms with E-state index >= 15 is 0 Å². The summed E-state index contributed by atoms with van der Waals surface area (Å²) in [5.74, 6) is 0.0791. The van der Waals surface area contributed by atoms with Crippen molar-refractivity contribution in [3.05, 3.63) is 54.4 Å². The molecule has 0 atom stereocenters. The molecule has 2 aromatic rings. The molecular formula is C11H8N2O2. The van der Waals surface area contributed by atoms with Crippen LogP contribution in [-0.4, -0.2) is 16.2 Å². The zero-order valence-corrected chi connectivity index (χ0v) is 7.83. The minimum absolute atomic E-state index is 0.383. The first-order valence-corrected chi connectivity index (χ1v) is 4.40. The first-order valence-electron chi connectivity index (χ1n) is 4.40. The predicted octanol–water partition coefficient (Wildman–Crippen LogP) is 1.70. The van der Waals surface area contributed by atoms with Crippen molar-refractivity contribution >= 4 is 5.97 Å². The highest BCUT2D eigenvalue weighted by Crippen LogP contribution is 2.10. The number of ether oxygens (including phenoxy) is 1. The van der Waals surface area contributed by atoms with E-state index < -0.39 is 5.97 Å². The summed E-state index contributed by atoms with van der Waals surface area (Å²) >= 11 is 0. The van der Waals surface area contributed by atoms with Crippen LogP contribution in [0.3, 0.4) is 0 Å². The van der Waals surface area contributed by atoms with E-state index in [-0.39, 0.29) is 0 Å². The molecule has 4 nitrogen and oxygen atoms in total. The van der Waals surface area contributed by atoms with Gasteiger partial charge in [-0.25, -0.2) is 4.79 Å². The summed E-state index contributed by atoms with van der Waals surface area (Å²) in [5.41, 5.74) is 0.383. The lowest BCUT2D eigenvalue weighted by atomic mass is 10.3. The molecule has 1 aromatic carbocycles. The van der Waals surface area contributed by atoms with E-state index in [1.807, 2.05) is 6.07 Å². The molecule has 0 fully saturated rings. The fraction of sp³-hybridized carbons (Fsp3) is 0. The topological polar surface area (TPSA) is 52.1 Å². The number of aromatic nitrogens is 2. The van der Waals surface area contributed by atoms with Gasteiger partial charge in [0.25, 0.3) is 0 Å². The second kappa shape index (κ2) is 4.32. The van der Waals surface area contributed by atoms with Gasteiger partial charge in [0.2, 0.25) is 0 Å². The minimum Gasteiger partial charge on any atom is -0.423 e. The number of esters is 1. The summed E-state index contributed by atoms with van der Waals surface area (Å²) in [5, 5.41) is 7.17. The molecule has 0 spiro atoms. The molecule has 0 radical (unpaired) electrons. The maximum absolute atomic E-state index is 11.5. The molecule has 1 aromatic heterocycles. The fourth-order valence-corrected chi connectivity index (χ4v) is 1.07. The van der Waals surface area contributed by atoms with Crippen molar-refractivity contribution in [1.29, 1.82) is 0 Å². The van der Waals surface area contributed by atoms with Crippen LogP contribution in [-0.2, 0) is 0 Å². The number of nitrogens with zero attached hydrogens (tertiary/aromatic N) is 2. The molecule has 0 unspecified atom stereocenters. The lowest BCUT2D eigenvalue weighted by molar-refractivity contribution is 0.0734. The van der Waals surface area contributed by atoms with Crippen LogP contribution in [0.2, 0.25) is 0 Å². The summed E-state index contributed by atoms with van der Waals surface area (Å²) < 4.78 is 5.09. The number of rotatable bonds is 2. The van der Waals surface area contributed by atoms with Gasteiger partial charge in [0.1, 0.15) is 5.75 Å². The molecule has 0 aliphatic heterocycles. The molecule has 1 heterocycles. The van der Waals surface area contributed by atoms with Crippen molar-refractivity contribution in [3.8, 4) is 5.75 Å². The van der Waals surface area contributed by atoms with Crippen molar-refractivity contribution < 1.29 is 9.53 Å². The highest BCUT2D eigenvalue weighted by atomic mass is 16.5. The normalized spacial score (nSPS) is 9.60. The van der Waals surface area contributed by atoms with Crippen LogP contribution in [0.4, 0.5) is 0 Å². The van der Waals surface area contributed by atoms with Crippen molar-refractivity contribution in [1.82, 2.24) is 10.2 Å². The molecular weight excluding hydrogens is 192 g/mol. The lowest BCUT2D eigenvalue weighted by Crippen LogP contribution is -2.08. The first-order chi connectivity index (χ1) is 7.36. The second-order valence-electron chi connectivity index (χ2n) is 2.83. The van der Waals surface area contributed by atoms with Gasteiger partial charge in [0.15, 0.2) is 0 Å². The van der Waals surface area contributed by atoms with E-state index in [1.54, 1.807) is 30.3 Å². The third-order valence-corrected chi connectivity index (χ3v) is 1.77. The fourth-order valence-electron chi connectivity index (χ4n) is 1.07. The van der Waals surface area contributed by atoms with Gasteiger partial charge in [-0.05, 0) is 18.2 Å². The Kier molecular flexibility index (Phi) is 2.69. The Bertz CT molecular complexity index is 443. The SMILES string of the molecule is O=C(Oc1ccccc1)c1ccnnc1. The molecule has 0 saturated heterocycles. The van der Waals surface area contributed by atoms with E-state index in [9.17, 15) is 4.79 Å². The van der Waals surface area contributed by atoms with Gasteiger partial charge in [-0.2, -0.15) is 10.2 Å². The van der Waals surface area contributed by atoms with Crippen molar-refractivity contribution in [3.63, 3.8) is 0 Å². The van der Waals surface area contributed by atoms with E-state index in [0.29, 0.717) is 11.3 Å². The van der Waals surface area contributed by atoms with Gasteiger partial charge in [0, 0.05) is 0 Å². The number of benzene rings is 1. The van der Waals surface area contributed by atoms with Gasteiger partial charge in [-0.1, -0.05) is 18.2 Å². The maximum Gasteiger partial charge on any atom is 0.345 e. The molecule has 74 valence electrons. The lowest BCUT2D eigenvalue weighted by Gasteiger charge is -2.02. The van der Waals surface area contributed by atoms with Gasteiger partial charge < -0.3 is 4.74 Å². The maximum atomic E-state index is 11.5. The van der Waals surface area contributed by atoms with Gasteiger partial charge >= 0.3 is 5.97 Å². The minimum atomic E-state index is -0.434. The molecule has 15 heavy (non-hydrogen) atoms. The van der Waals surface area contributed by atoms with Crippen molar-refractivity contribution in [2.24, 2.45) is 0 Å². The highest BCUT2D eigenvalue weighted by molar-refractivity contribution is 5.90. The van der Waals surface area contributed by atoms with E-state index in [1.165, 1.54) is 12.4 Å². The Morgan fingerprint density at radius 3 is 2.53 bits per heavy atom. The number of para-hydroxylation sites is 1. The zero-order chi connectivity index (χ0) is 10.5. The van der Waals surface area contributed by atoms with Crippen LogP contribution >= 0.6 is 0 Å². The number of carbonyl (C=O) groups is 1. The average Bonchev–Trinajstić information content (AvgIpc) is 2.31. The van der Waals surface area contributed by atoms with E-state index in [2.05, 4.69) is 10.2 Å².